The fourth-order valence-electron chi connectivity index (χ4n) is 4.09. The number of amides is 1. The minimum absolute atomic E-state index is 0.0179. The third kappa shape index (κ3) is 2.69. The number of nitrogens with zero attached hydrogens (tertiary/aromatic N) is 2. The van der Waals surface area contributed by atoms with Crippen molar-refractivity contribution < 1.29 is 18.4 Å². The number of hydrogen-bond acceptors (Lipinski definition) is 7. The van der Waals surface area contributed by atoms with E-state index in [0.717, 1.165) is 16.0 Å². The molecule has 0 saturated heterocycles. The van der Waals surface area contributed by atoms with Crippen molar-refractivity contribution in [2.75, 3.05) is 11.5 Å². The highest BCUT2D eigenvalue weighted by atomic mass is 32.1. The first-order chi connectivity index (χ1) is 15.7. The highest BCUT2D eigenvalue weighted by Gasteiger charge is 2.46. The van der Waals surface area contributed by atoms with Gasteiger partial charge in [0.25, 0.3) is 5.91 Å². The van der Waals surface area contributed by atoms with Crippen LogP contribution in [0.1, 0.15) is 34.8 Å². The lowest BCUT2D eigenvalue weighted by Gasteiger charge is -2.19. The van der Waals surface area contributed by atoms with E-state index in [2.05, 4.69) is 4.98 Å². The predicted octanol–water partition coefficient (Wildman–Crippen LogP) is 5.14. The SMILES string of the molecule is CCOc1ccc2nc(N3C(=O)c4oc5ccccc5c(=O)c4[C@H]3c3ccco3)sc2c1. The minimum Gasteiger partial charge on any atom is -0.494 e. The zero-order chi connectivity index (χ0) is 21.8. The number of thiazole rings is 1. The van der Waals surface area contributed by atoms with Crippen LogP contribution >= 0.6 is 11.3 Å². The lowest BCUT2D eigenvalue weighted by Crippen LogP contribution is -2.29. The summed E-state index contributed by atoms with van der Waals surface area (Å²) in [6.07, 6.45) is 1.52. The quantitative estimate of drug-likeness (QED) is 0.381. The summed E-state index contributed by atoms with van der Waals surface area (Å²) in [5.74, 6) is 0.795. The average molecular weight is 444 g/mol. The first-order valence-electron chi connectivity index (χ1n) is 10.1. The van der Waals surface area contributed by atoms with Gasteiger partial charge in [0.15, 0.2) is 10.6 Å². The van der Waals surface area contributed by atoms with E-state index in [4.69, 9.17) is 13.6 Å². The Morgan fingerprint density at radius 1 is 1.12 bits per heavy atom. The molecule has 0 N–H and O–H groups in total. The molecule has 0 radical (unpaired) electrons. The maximum Gasteiger partial charge on any atom is 0.297 e. The third-order valence-corrected chi connectivity index (χ3v) is 6.47. The monoisotopic (exact) mass is 444 g/mol. The summed E-state index contributed by atoms with van der Waals surface area (Å²) in [6.45, 7) is 2.48. The van der Waals surface area contributed by atoms with Crippen molar-refractivity contribution in [3.63, 3.8) is 0 Å². The van der Waals surface area contributed by atoms with E-state index >= 15 is 0 Å². The van der Waals surface area contributed by atoms with E-state index in [1.165, 1.54) is 22.5 Å². The molecule has 7 nitrogen and oxygen atoms in total. The molecule has 0 aliphatic carbocycles. The number of carbonyl (C=O) groups excluding carboxylic acids is 1. The van der Waals surface area contributed by atoms with Gasteiger partial charge in [-0.25, -0.2) is 4.98 Å². The second-order valence-corrected chi connectivity index (χ2v) is 8.33. The van der Waals surface area contributed by atoms with Gasteiger partial charge in [0.2, 0.25) is 5.76 Å². The molecule has 1 aliphatic rings. The maximum atomic E-state index is 13.5. The number of para-hydroxylation sites is 1. The first kappa shape index (κ1) is 18.8. The number of hydrogen-bond donors (Lipinski definition) is 0. The van der Waals surface area contributed by atoms with Crippen molar-refractivity contribution in [1.29, 1.82) is 0 Å². The van der Waals surface area contributed by atoms with Crippen LogP contribution in [-0.4, -0.2) is 17.5 Å². The van der Waals surface area contributed by atoms with Crippen molar-refractivity contribution >= 4 is 43.6 Å². The summed E-state index contributed by atoms with van der Waals surface area (Å²) < 4.78 is 18.0. The molecular formula is C24H16N2O5S. The van der Waals surface area contributed by atoms with Crippen molar-refractivity contribution in [1.82, 2.24) is 4.98 Å². The van der Waals surface area contributed by atoms with Gasteiger partial charge in [0, 0.05) is 0 Å². The third-order valence-electron chi connectivity index (χ3n) is 5.46. The van der Waals surface area contributed by atoms with E-state index in [1.807, 2.05) is 25.1 Å². The van der Waals surface area contributed by atoms with Gasteiger partial charge < -0.3 is 13.6 Å². The van der Waals surface area contributed by atoms with E-state index < -0.39 is 11.9 Å². The number of ether oxygens (including phenoxy) is 1. The number of carbonyl (C=O) groups is 1. The highest BCUT2D eigenvalue weighted by molar-refractivity contribution is 7.22. The molecule has 8 heteroatoms. The molecule has 0 unspecified atom stereocenters. The van der Waals surface area contributed by atoms with E-state index in [-0.39, 0.29) is 16.8 Å². The van der Waals surface area contributed by atoms with Gasteiger partial charge in [-0.3, -0.25) is 14.5 Å². The molecule has 32 heavy (non-hydrogen) atoms. The summed E-state index contributed by atoms with van der Waals surface area (Å²) >= 11 is 1.35. The molecular weight excluding hydrogens is 428 g/mol. The molecule has 2 aromatic carbocycles. The molecule has 6 rings (SSSR count). The summed E-state index contributed by atoms with van der Waals surface area (Å²) in [5, 5.41) is 0.873. The van der Waals surface area contributed by atoms with Gasteiger partial charge in [0.1, 0.15) is 23.1 Å². The van der Waals surface area contributed by atoms with Crippen LogP contribution in [0.5, 0.6) is 5.75 Å². The summed E-state index contributed by atoms with van der Waals surface area (Å²) in [6, 6.07) is 15.2. The van der Waals surface area contributed by atoms with Crippen LogP contribution in [0.4, 0.5) is 5.13 Å². The van der Waals surface area contributed by atoms with Gasteiger partial charge in [-0.1, -0.05) is 23.5 Å². The Labute approximate surface area is 185 Å². The second kappa shape index (κ2) is 7.06. The van der Waals surface area contributed by atoms with Gasteiger partial charge >= 0.3 is 0 Å². The van der Waals surface area contributed by atoms with Gasteiger partial charge in [-0.05, 0) is 49.4 Å². The molecule has 0 fully saturated rings. The number of furan rings is 1. The van der Waals surface area contributed by atoms with E-state index in [9.17, 15) is 9.59 Å². The Kier molecular flexibility index (Phi) is 4.16. The Morgan fingerprint density at radius 3 is 2.81 bits per heavy atom. The Balaban J connectivity index is 1.58. The second-order valence-electron chi connectivity index (χ2n) is 7.32. The Morgan fingerprint density at radius 2 is 2.00 bits per heavy atom. The summed E-state index contributed by atoms with van der Waals surface area (Å²) in [7, 11) is 0. The molecule has 1 atom stereocenters. The molecule has 3 aromatic heterocycles. The van der Waals surface area contributed by atoms with Crippen LogP contribution in [-0.2, 0) is 0 Å². The number of anilines is 1. The van der Waals surface area contributed by atoms with Crippen LogP contribution in [0.3, 0.4) is 0 Å². The lowest BCUT2D eigenvalue weighted by atomic mass is 10.0. The predicted molar refractivity (Wildman–Crippen MR) is 121 cm³/mol. The van der Waals surface area contributed by atoms with Crippen molar-refractivity contribution in [2.24, 2.45) is 0 Å². The molecule has 5 aromatic rings. The summed E-state index contributed by atoms with van der Waals surface area (Å²) in [4.78, 5) is 33.1. The first-order valence-corrected chi connectivity index (χ1v) is 10.9. The van der Waals surface area contributed by atoms with Crippen molar-refractivity contribution in [3.05, 3.63) is 88.2 Å². The lowest BCUT2D eigenvalue weighted by molar-refractivity contribution is 0.0969. The van der Waals surface area contributed by atoms with Gasteiger partial charge in [-0.15, -0.1) is 0 Å². The normalized spacial score (nSPS) is 15.6. The van der Waals surface area contributed by atoms with Crippen molar-refractivity contribution in [2.45, 2.75) is 13.0 Å². The van der Waals surface area contributed by atoms with Crippen LogP contribution < -0.4 is 15.1 Å². The zero-order valence-electron chi connectivity index (χ0n) is 16.9. The molecule has 1 aliphatic heterocycles. The standard InChI is InChI=1S/C24H16N2O5S/c1-2-29-13-9-10-15-18(12-13)32-24(25-15)26-20(17-8-5-11-30-17)19-21(27)14-6-3-4-7-16(14)31-22(19)23(26)28/h3-12,20H,2H2,1H3/t20-/m1/s1. The number of benzene rings is 2. The summed E-state index contributed by atoms with van der Waals surface area (Å²) in [5.41, 5.74) is 1.12. The number of aromatic nitrogens is 1. The van der Waals surface area contributed by atoms with Crippen LogP contribution in [0.2, 0.25) is 0 Å². The average Bonchev–Trinajstić information content (AvgIpc) is 3.52. The maximum absolute atomic E-state index is 13.5. The number of fused-ring (bicyclic) bond motifs is 3. The molecule has 158 valence electrons. The molecule has 4 heterocycles. The van der Waals surface area contributed by atoms with Crippen LogP contribution in [0.25, 0.3) is 21.2 Å². The van der Waals surface area contributed by atoms with E-state index in [1.54, 1.807) is 36.4 Å². The van der Waals surface area contributed by atoms with Gasteiger partial charge in [-0.2, -0.15) is 0 Å². The van der Waals surface area contributed by atoms with Crippen LogP contribution in [0.15, 0.2) is 74.5 Å². The Bertz CT molecular complexity index is 1550. The van der Waals surface area contributed by atoms with Crippen LogP contribution in [0, 0.1) is 0 Å². The Hall–Kier alpha value is -3.91. The topological polar surface area (TPSA) is 85.8 Å². The fourth-order valence-corrected chi connectivity index (χ4v) is 5.11. The zero-order valence-corrected chi connectivity index (χ0v) is 17.7. The largest absolute Gasteiger partial charge is 0.494 e. The van der Waals surface area contributed by atoms with Crippen molar-refractivity contribution in [3.8, 4) is 5.75 Å². The van der Waals surface area contributed by atoms with E-state index in [0.29, 0.717) is 28.5 Å². The number of rotatable bonds is 4. The highest BCUT2D eigenvalue weighted by Crippen LogP contribution is 2.44. The van der Waals surface area contributed by atoms with Gasteiger partial charge in [0.05, 0.1) is 34.0 Å². The smallest absolute Gasteiger partial charge is 0.297 e. The molecule has 0 spiro atoms. The minimum atomic E-state index is -0.764. The molecule has 0 bridgehead atoms. The molecule has 0 saturated carbocycles. The molecule has 1 amide bonds. The fraction of sp³-hybridized carbons (Fsp3) is 0.125.